The normalized spacial score (nSPS) is 24.5. The molecule has 1 fully saturated rings. The summed E-state index contributed by atoms with van der Waals surface area (Å²) in [6, 6.07) is 11.5. The van der Waals surface area contributed by atoms with Crippen molar-refractivity contribution in [2.24, 2.45) is 0 Å². The molecule has 2 heterocycles. The molecule has 6 heteroatoms. The molecule has 1 aliphatic carbocycles. The second kappa shape index (κ2) is 5.70. The molecule has 3 aromatic rings. The average molecular weight is 459 g/mol. The van der Waals surface area contributed by atoms with Crippen LogP contribution in [0.3, 0.4) is 0 Å². The van der Waals surface area contributed by atoms with E-state index in [0.29, 0.717) is 11.3 Å². The summed E-state index contributed by atoms with van der Waals surface area (Å²) in [6.45, 7) is 0.739. The molecular weight excluding hydrogens is 441 g/mol. The summed E-state index contributed by atoms with van der Waals surface area (Å²) in [5, 5.41) is 9.88. The van der Waals surface area contributed by atoms with E-state index in [0.717, 1.165) is 36.8 Å². The van der Waals surface area contributed by atoms with E-state index in [4.69, 9.17) is 0 Å². The molecule has 1 amide bonds. The van der Waals surface area contributed by atoms with Gasteiger partial charge in [0.05, 0.1) is 20.8 Å². The number of nitrogens with zero attached hydrogens (tertiary/aromatic N) is 2. The fourth-order valence-corrected chi connectivity index (χ4v) is 5.66. The Kier molecular flexibility index (Phi) is 3.53. The third-order valence-corrected chi connectivity index (χ3v) is 7.27. The number of alkyl halides is 1. The minimum absolute atomic E-state index is 0.00113. The van der Waals surface area contributed by atoms with E-state index in [1.165, 1.54) is 11.1 Å². The van der Waals surface area contributed by atoms with Gasteiger partial charge in [0.15, 0.2) is 0 Å². The van der Waals surface area contributed by atoms with Crippen molar-refractivity contribution in [2.75, 3.05) is 6.54 Å². The number of H-pyrrole nitrogens is 1. The third-order valence-electron chi connectivity index (χ3n) is 5.71. The number of imidazole rings is 1. The first-order chi connectivity index (χ1) is 12.5. The number of piperidine rings is 1. The number of halogens is 1. The number of rotatable bonds is 1. The van der Waals surface area contributed by atoms with E-state index in [9.17, 15) is 9.90 Å². The number of carbonyl (C=O) groups excluding carboxylic acids is 1. The monoisotopic (exact) mass is 459 g/mol. The zero-order valence-corrected chi connectivity index (χ0v) is 16.2. The van der Waals surface area contributed by atoms with Gasteiger partial charge in [0.1, 0.15) is 5.75 Å². The molecule has 1 aromatic heterocycles. The Labute approximate surface area is 164 Å². The quantitative estimate of drug-likeness (QED) is 0.430. The summed E-state index contributed by atoms with van der Waals surface area (Å²) in [4.78, 5) is 22.5. The molecule has 1 unspecified atom stereocenters. The van der Waals surface area contributed by atoms with Gasteiger partial charge in [0.2, 0.25) is 0 Å². The van der Waals surface area contributed by atoms with Gasteiger partial charge in [0.25, 0.3) is 5.91 Å². The Morgan fingerprint density at radius 2 is 2.19 bits per heavy atom. The van der Waals surface area contributed by atoms with Crippen LogP contribution in [-0.2, 0) is 9.84 Å². The van der Waals surface area contributed by atoms with Crippen molar-refractivity contribution >= 4 is 39.5 Å². The first kappa shape index (κ1) is 16.1. The molecule has 2 aliphatic rings. The van der Waals surface area contributed by atoms with Gasteiger partial charge in [-0.25, -0.2) is 4.98 Å². The van der Waals surface area contributed by atoms with Crippen LogP contribution in [0.25, 0.3) is 11.0 Å². The van der Waals surface area contributed by atoms with Crippen LogP contribution in [0.5, 0.6) is 5.75 Å². The Balaban J connectivity index is 1.48. The maximum atomic E-state index is 13.2. The van der Waals surface area contributed by atoms with Gasteiger partial charge < -0.3 is 15.0 Å². The number of carbonyl (C=O) groups is 1. The maximum absolute atomic E-state index is 13.2. The minimum atomic E-state index is -0.00113. The van der Waals surface area contributed by atoms with E-state index in [2.05, 4.69) is 32.6 Å². The molecule has 2 N–H and O–H groups in total. The standard InChI is InChI=1S/C20H18IN3O2/c21-20-5-6-24(14(10-20)7-12-1-3-15(25)9-16(12)20)19(26)13-2-4-17-18(8-13)23-11-22-17/h1-4,8-9,11,14,25H,5-7,10H2,(H,22,23)/t14?,20-/m0/s1. The molecular formula is C20H18IN3O2. The first-order valence-corrected chi connectivity index (χ1v) is 9.87. The molecule has 2 bridgehead atoms. The molecule has 26 heavy (non-hydrogen) atoms. The van der Waals surface area contributed by atoms with Gasteiger partial charge in [-0.1, -0.05) is 28.7 Å². The molecule has 5 nitrogen and oxygen atoms in total. The van der Waals surface area contributed by atoms with Crippen LogP contribution in [0.1, 0.15) is 34.3 Å². The summed E-state index contributed by atoms with van der Waals surface area (Å²) in [6.07, 6.45) is 4.33. The van der Waals surface area contributed by atoms with Crippen molar-refractivity contribution < 1.29 is 9.90 Å². The van der Waals surface area contributed by atoms with Crippen LogP contribution in [0.4, 0.5) is 0 Å². The minimum Gasteiger partial charge on any atom is -0.508 e. The topological polar surface area (TPSA) is 69.2 Å². The summed E-state index contributed by atoms with van der Waals surface area (Å²) in [7, 11) is 0. The molecule has 1 saturated heterocycles. The number of aromatic nitrogens is 2. The number of phenols is 1. The Hall–Kier alpha value is -2.09. The van der Waals surface area contributed by atoms with Gasteiger partial charge in [-0.05, 0) is 60.7 Å². The lowest BCUT2D eigenvalue weighted by atomic mass is 9.75. The van der Waals surface area contributed by atoms with Crippen molar-refractivity contribution in [3.05, 3.63) is 59.4 Å². The van der Waals surface area contributed by atoms with Crippen LogP contribution in [0.15, 0.2) is 42.7 Å². The van der Waals surface area contributed by atoms with Crippen LogP contribution in [-0.4, -0.2) is 38.5 Å². The number of amides is 1. The molecule has 2 aromatic carbocycles. The smallest absolute Gasteiger partial charge is 0.254 e. The van der Waals surface area contributed by atoms with E-state index in [1.807, 2.05) is 35.2 Å². The van der Waals surface area contributed by atoms with Crippen molar-refractivity contribution in [2.45, 2.75) is 28.7 Å². The number of phenolic OH excluding ortho intramolecular Hbond substituents is 1. The molecule has 1 aliphatic heterocycles. The fraction of sp³-hybridized carbons (Fsp3) is 0.300. The molecule has 2 atom stereocenters. The number of hydrogen-bond donors (Lipinski definition) is 2. The Morgan fingerprint density at radius 3 is 3.08 bits per heavy atom. The highest BCUT2D eigenvalue weighted by atomic mass is 127. The zero-order chi connectivity index (χ0) is 17.9. The highest BCUT2D eigenvalue weighted by molar-refractivity contribution is 14.1. The van der Waals surface area contributed by atoms with Crippen LogP contribution >= 0.6 is 22.6 Å². The number of fused-ring (bicyclic) bond motifs is 5. The second-order valence-corrected chi connectivity index (χ2v) is 9.32. The van der Waals surface area contributed by atoms with Gasteiger partial charge >= 0.3 is 0 Å². The van der Waals surface area contributed by atoms with E-state index in [-0.39, 0.29) is 15.4 Å². The number of likely N-dealkylation sites (tertiary alicyclic amines) is 1. The molecule has 132 valence electrons. The predicted octanol–water partition coefficient (Wildman–Crippen LogP) is 3.76. The number of hydrogen-bond acceptors (Lipinski definition) is 3. The number of aromatic amines is 1. The third kappa shape index (κ3) is 2.42. The van der Waals surface area contributed by atoms with Crippen LogP contribution < -0.4 is 0 Å². The van der Waals surface area contributed by atoms with Crippen LogP contribution in [0.2, 0.25) is 0 Å². The molecule has 0 spiro atoms. The first-order valence-electron chi connectivity index (χ1n) is 8.79. The molecule has 0 radical (unpaired) electrons. The lowest BCUT2D eigenvalue weighted by Gasteiger charge is -2.48. The van der Waals surface area contributed by atoms with E-state index < -0.39 is 0 Å². The van der Waals surface area contributed by atoms with Gasteiger partial charge in [-0.2, -0.15) is 0 Å². The van der Waals surface area contributed by atoms with Crippen LogP contribution in [0, 0.1) is 0 Å². The SMILES string of the molecule is O=C(c1ccc2nc[nH]c2c1)N1CC[C@]2(I)CC1Cc1ccc(O)cc12. The molecule has 0 saturated carbocycles. The highest BCUT2D eigenvalue weighted by Crippen LogP contribution is 2.50. The van der Waals surface area contributed by atoms with Gasteiger partial charge in [0, 0.05) is 18.2 Å². The molecule has 5 rings (SSSR count). The van der Waals surface area contributed by atoms with Crippen molar-refractivity contribution in [3.8, 4) is 5.75 Å². The van der Waals surface area contributed by atoms with Crippen molar-refractivity contribution in [1.29, 1.82) is 0 Å². The summed E-state index contributed by atoms with van der Waals surface area (Å²) < 4.78 is -0.00113. The van der Waals surface area contributed by atoms with Gasteiger partial charge in [-0.3, -0.25) is 4.79 Å². The summed E-state index contributed by atoms with van der Waals surface area (Å²) in [5.41, 5.74) is 4.95. The van der Waals surface area contributed by atoms with Crippen molar-refractivity contribution in [1.82, 2.24) is 14.9 Å². The zero-order valence-electron chi connectivity index (χ0n) is 14.1. The highest BCUT2D eigenvalue weighted by Gasteiger charge is 2.45. The van der Waals surface area contributed by atoms with Gasteiger partial charge in [-0.15, -0.1) is 0 Å². The maximum Gasteiger partial charge on any atom is 0.254 e. The number of aromatic hydroxyl groups is 1. The van der Waals surface area contributed by atoms with E-state index >= 15 is 0 Å². The predicted molar refractivity (Wildman–Crippen MR) is 108 cm³/mol. The largest absolute Gasteiger partial charge is 0.508 e. The summed E-state index contributed by atoms with van der Waals surface area (Å²) in [5.74, 6) is 0.414. The Morgan fingerprint density at radius 1 is 1.31 bits per heavy atom. The Bertz CT molecular complexity index is 1030. The second-order valence-electron chi connectivity index (χ2n) is 7.25. The lowest BCUT2D eigenvalue weighted by molar-refractivity contribution is 0.0564. The van der Waals surface area contributed by atoms with Crippen molar-refractivity contribution in [3.63, 3.8) is 0 Å². The summed E-state index contributed by atoms with van der Waals surface area (Å²) >= 11 is 2.53. The number of benzene rings is 2. The fourth-order valence-electron chi connectivity index (χ4n) is 4.41. The lowest BCUT2D eigenvalue weighted by Crippen LogP contribution is -2.53. The van der Waals surface area contributed by atoms with E-state index in [1.54, 1.807) is 12.4 Å². The average Bonchev–Trinajstić information content (AvgIpc) is 3.10. The number of nitrogens with one attached hydrogen (secondary N) is 1.